The van der Waals surface area contributed by atoms with Gasteiger partial charge in [-0.15, -0.1) is 0 Å². The third-order valence-corrected chi connectivity index (χ3v) is 2.48. The van der Waals surface area contributed by atoms with Crippen LogP contribution < -0.4 is 10.5 Å². The number of hydrogen-bond donors (Lipinski definition) is 2. The Hall–Kier alpha value is -1.85. The first-order valence-corrected chi connectivity index (χ1v) is 6.03. The molecule has 6 heteroatoms. The van der Waals surface area contributed by atoms with Gasteiger partial charge in [-0.3, -0.25) is 0 Å². The number of rotatable bonds is 6. The molecule has 1 rings (SSSR count). The van der Waals surface area contributed by atoms with Crippen molar-refractivity contribution in [1.82, 2.24) is 9.97 Å². The molecule has 0 amide bonds. The maximum Gasteiger partial charge on any atom is 0.317 e. The van der Waals surface area contributed by atoms with Gasteiger partial charge in [-0.2, -0.15) is 4.98 Å². The number of nitrogens with zero attached hydrogens (tertiary/aromatic N) is 3. The van der Waals surface area contributed by atoms with Gasteiger partial charge in [-0.25, -0.2) is 4.98 Å². The Labute approximate surface area is 107 Å². The van der Waals surface area contributed by atoms with Crippen LogP contribution in [0.5, 0.6) is 6.01 Å². The van der Waals surface area contributed by atoms with Crippen molar-refractivity contribution in [3.8, 4) is 6.01 Å². The van der Waals surface area contributed by atoms with Gasteiger partial charge in [0.05, 0.1) is 6.61 Å². The summed E-state index contributed by atoms with van der Waals surface area (Å²) >= 11 is 0. The average Bonchev–Trinajstić information content (AvgIpc) is 2.35. The number of ether oxygens (including phenoxy) is 1. The minimum Gasteiger partial charge on any atom is -0.463 e. The van der Waals surface area contributed by atoms with E-state index in [4.69, 9.17) is 15.7 Å². The van der Waals surface area contributed by atoms with E-state index >= 15 is 0 Å². The van der Waals surface area contributed by atoms with Gasteiger partial charge >= 0.3 is 6.01 Å². The Bertz CT molecular complexity index is 421. The van der Waals surface area contributed by atoms with Crippen LogP contribution in [0.15, 0.2) is 11.2 Å². The van der Waals surface area contributed by atoms with Crippen molar-refractivity contribution in [3.63, 3.8) is 0 Å². The molecule has 0 aliphatic rings. The molecule has 0 fully saturated rings. The molecule has 3 N–H and O–H groups in total. The van der Waals surface area contributed by atoms with Gasteiger partial charge in [0.2, 0.25) is 0 Å². The summed E-state index contributed by atoms with van der Waals surface area (Å²) in [5.41, 5.74) is 6.57. The van der Waals surface area contributed by atoms with Crippen molar-refractivity contribution in [2.75, 3.05) is 6.61 Å². The average molecular weight is 252 g/mol. The van der Waals surface area contributed by atoms with Gasteiger partial charge in [0.1, 0.15) is 5.69 Å². The van der Waals surface area contributed by atoms with E-state index in [0.717, 1.165) is 12.8 Å². The second kappa shape index (κ2) is 6.78. The van der Waals surface area contributed by atoms with Crippen LogP contribution in [0.25, 0.3) is 0 Å². The first-order chi connectivity index (χ1) is 8.56. The molecule has 0 aliphatic carbocycles. The summed E-state index contributed by atoms with van der Waals surface area (Å²) in [6.07, 6.45) is 2.22. The molecule has 0 bridgehead atoms. The molecule has 18 heavy (non-hydrogen) atoms. The number of oxime groups is 1. The minimum atomic E-state index is -0.0491. The van der Waals surface area contributed by atoms with Gasteiger partial charge in [0.15, 0.2) is 5.84 Å². The van der Waals surface area contributed by atoms with Crippen LogP contribution in [0.4, 0.5) is 0 Å². The summed E-state index contributed by atoms with van der Waals surface area (Å²) in [4.78, 5) is 8.24. The van der Waals surface area contributed by atoms with Crippen molar-refractivity contribution < 1.29 is 9.94 Å². The number of hydrogen-bond acceptors (Lipinski definition) is 5. The fourth-order valence-corrected chi connectivity index (χ4v) is 1.58. The molecule has 0 aliphatic heterocycles. The molecule has 0 aromatic carbocycles. The molecule has 6 nitrogen and oxygen atoms in total. The van der Waals surface area contributed by atoms with Gasteiger partial charge in [0.25, 0.3) is 0 Å². The summed E-state index contributed by atoms with van der Waals surface area (Å²) in [6.45, 7) is 6.62. The summed E-state index contributed by atoms with van der Waals surface area (Å²) in [5, 5.41) is 11.5. The maximum atomic E-state index is 8.62. The molecule has 0 saturated heterocycles. The highest BCUT2D eigenvalue weighted by Crippen LogP contribution is 2.10. The summed E-state index contributed by atoms with van der Waals surface area (Å²) in [5.74, 6) is 0.401. The number of nitrogens with two attached hydrogens (primary N) is 1. The smallest absolute Gasteiger partial charge is 0.317 e. The molecular formula is C12H20N4O2. The Morgan fingerprint density at radius 1 is 1.56 bits per heavy atom. The van der Waals surface area contributed by atoms with Crippen LogP contribution in [0.1, 0.15) is 38.1 Å². The molecule has 1 unspecified atom stereocenters. The Kier molecular flexibility index (Phi) is 5.35. The summed E-state index contributed by atoms with van der Waals surface area (Å²) in [7, 11) is 0. The first kappa shape index (κ1) is 14.2. The lowest BCUT2D eigenvalue weighted by Crippen LogP contribution is -2.17. The zero-order valence-corrected chi connectivity index (χ0v) is 11.1. The van der Waals surface area contributed by atoms with E-state index < -0.39 is 0 Å². The van der Waals surface area contributed by atoms with E-state index in [-0.39, 0.29) is 11.8 Å². The predicted molar refractivity (Wildman–Crippen MR) is 68.8 cm³/mol. The van der Waals surface area contributed by atoms with Crippen molar-refractivity contribution in [1.29, 1.82) is 0 Å². The third-order valence-electron chi connectivity index (χ3n) is 2.48. The Morgan fingerprint density at radius 2 is 2.28 bits per heavy atom. The van der Waals surface area contributed by atoms with Crippen molar-refractivity contribution >= 4 is 5.84 Å². The predicted octanol–water partition coefficient (Wildman–Crippen LogP) is 1.69. The van der Waals surface area contributed by atoms with Crippen LogP contribution in [0.3, 0.4) is 0 Å². The van der Waals surface area contributed by atoms with Crippen molar-refractivity contribution in [3.05, 3.63) is 17.5 Å². The highest BCUT2D eigenvalue weighted by atomic mass is 16.5. The lowest BCUT2D eigenvalue weighted by Gasteiger charge is -2.11. The molecule has 0 spiro atoms. The second-order valence-electron chi connectivity index (χ2n) is 4.37. The van der Waals surface area contributed by atoms with Gasteiger partial charge in [-0.1, -0.05) is 25.4 Å². The van der Waals surface area contributed by atoms with Crippen molar-refractivity contribution in [2.24, 2.45) is 16.8 Å². The number of aryl methyl sites for hydroxylation is 1. The Balaban J connectivity index is 2.74. The standard InChI is InChI=1S/C12H20N4O2/c1-4-5-8(2)7-18-12-14-9(3)6-10(15-12)11(13)16-17/h6,8,17H,4-5,7H2,1-3H3,(H2,13,16). The van der Waals surface area contributed by atoms with E-state index in [1.54, 1.807) is 13.0 Å². The largest absolute Gasteiger partial charge is 0.463 e. The molecule has 1 atom stereocenters. The topological polar surface area (TPSA) is 93.6 Å². The second-order valence-corrected chi connectivity index (χ2v) is 4.37. The van der Waals surface area contributed by atoms with Crippen LogP contribution in [0, 0.1) is 12.8 Å². The van der Waals surface area contributed by atoms with Crippen molar-refractivity contribution in [2.45, 2.75) is 33.6 Å². The lowest BCUT2D eigenvalue weighted by molar-refractivity contribution is 0.233. The molecule has 0 saturated carbocycles. The Morgan fingerprint density at radius 3 is 2.89 bits per heavy atom. The molecule has 0 radical (unpaired) electrons. The molecule has 1 aromatic heterocycles. The molecule has 1 heterocycles. The summed E-state index contributed by atoms with van der Waals surface area (Å²) < 4.78 is 5.52. The van der Waals surface area contributed by atoms with E-state index in [1.807, 2.05) is 0 Å². The quantitative estimate of drug-likeness (QED) is 0.348. The number of aromatic nitrogens is 2. The van der Waals surface area contributed by atoms with Gasteiger partial charge < -0.3 is 15.7 Å². The SMILES string of the molecule is CCCC(C)COc1nc(C)cc(/C(N)=N/O)n1. The van der Waals surface area contributed by atoms with Gasteiger partial charge in [-0.05, 0) is 25.3 Å². The fourth-order valence-electron chi connectivity index (χ4n) is 1.58. The first-order valence-electron chi connectivity index (χ1n) is 6.03. The van der Waals surface area contributed by atoms with Crippen LogP contribution >= 0.6 is 0 Å². The van der Waals surface area contributed by atoms with Crippen LogP contribution in [0.2, 0.25) is 0 Å². The van der Waals surface area contributed by atoms with E-state index in [0.29, 0.717) is 23.9 Å². The lowest BCUT2D eigenvalue weighted by atomic mass is 10.1. The normalized spacial score (nSPS) is 13.4. The monoisotopic (exact) mass is 252 g/mol. The zero-order valence-electron chi connectivity index (χ0n) is 11.1. The fraction of sp³-hybridized carbons (Fsp3) is 0.583. The highest BCUT2D eigenvalue weighted by Gasteiger charge is 2.09. The van der Waals surface area contributed by atoms with E-state index in [9.17, 15) is 0 Å². The molecule has 100 valence electrons. The van der Waals surface area contributed by atoms with Crippen LogP contribution in [-0.4, -0.2) is 27.6 Å². The van der Waals surface area contributed by atoms with E-state index in [1.165, 1.54) is 0 Å². The summed E-state index contributed by atoms with van der Waals surface area (Å²) in [6, 6.07) is 1.90. The zero-order chi connectivity index (χ0) is 13.5. The third kappa shape index (κ3) is 4.20. The highest BCUT2D eigenvalue weighted by molar-refractivity contribution is 5.95. The molecular weight excluding hydrogens is 232 g/mol. The number of amidine groups is 1. The van der Waals surface area contributed by atoms with Crippen LogP contribution in [-0.2, 0) is 0 Å². The molecule has 1 aromatic rings. The van der Waals surface area contributed by atoms with Gasteiger partial charge in [0, 0.05) is 5.69 Å². The maximum absolute atomic E-state index is 8.62. The van der Waals surface area contributed by atoms with E-state index in [2.05, 4.69) is 29.0 Å². The minimum absolute atomic E-state index is 0.0491.